The highest BCUT2D eigenvalue weighted by Gasteiger charge is 2.33. The summed E-state index contributed by atoms with van der Waals surface area (Å²) in [7, 11) is 0. The van der Waals surface area contributed by atoms with E-state index in [4.69, 9.17) is 0 Å². The minimum absolute atomic E-state index is 0.176. The van der Waals surface area contributed by atoms with Crippen molar-refractivity contribution in [1.29, 1.82) is 0 Å². The van der Waals surface area contributed by atoms with Gasteiger partial charge in [-0.15, -0.1) is 5.10 Å². The Bertz CT molecular complexity index is 552. The Balaban J connectivity index is 1.93. The van der Waals surface area contributed by atoms with Crippen LogP contribution >= 0.6 is 11.8 Å². The van der Waals surface area contributed by atoms with Crippen LogP contribution in [0.25, 0.3) is 0 Å². The molecule has 0 radical (unpaired) electrons. The fourth-order valence-electron chi connectivity index (χ4n) is 2.07. The number of carbonyl (C=O) groups is 1. The Kier molecular flexibility index (Phi) is 5.10. The molecule has 3 N–H and O–H groups in total. The minimum Gasteiger partial charge on any atom is -0.480 e. The molecule has 1 aromatic rings. The maximum atomic E-state index is 11.7. The smallest absolute Gasteiger partial charge is 0.344 e. The summed E-state index contributed by atoms with van der Waals surface area (Å²) in [5.74, 6) is -0.255. The van der Waals surface area contributed by atoms with Crippen molar-refractivity contribution in [2.24, 2.45) is 0 Å². The Labute approximate surface area is 127 Å². The molecule has 7 nitrogen and oxygen atoms in total. The number of nitrogens with one attached hydrogen (secondary N) is 2. The van der Waals surface area contributed by atoms with E-state index in [0.29, 0.717) is 23.9 Å². The molecule has 0 amide bonds. The van der Waals surface area contributed by atoms with E-state index in [1.165, 1.54) is 11.8 Å². The van der Waals surface area contributed by atoms with Crippen LogP contribution in [0.2, 0.25) is 0 Å². The first kappa shape index (κ1) is 16.1. The summed E-state index contributed by atoms with van der Waals surface area (Å²) in [5, 5.41) is 19.6. The highest BCUT2D eigenvalue weighted by atomic mass is 32.2. The van der Waals surface area contributed by atoms with Gasteiger partial charge >= 0.3 is 11.7 Å². The van der Waals surface area contributed by atoms with Gasteiger partial charge in [-0.2, -0.15) is 0 Å². The third-order valence-electron chi connectivity index (χ3n) is 3.65. The SMILES string of the molecule is CCCNC(C)(CCSc1n[nH]c(=O)n1C1CC1)C(=O)O. The minimum atomic E-state index is -0.940. The second-order valence-corrected chi connectivity index (χ2v) is 6.64. The predicted molar refractivity (Wildman–Crippen MR) is 80.8 cm³/mol. The zero-order valence-electron chi connectivity index (χ0n) is 12.4. The summed E-state index contributed by atoms with van der Waals surface area (Å²) in [6.07, 6.45) is 3.38. The summed E-state index contributed by atoms with van der Waals surface area (Å²) >= 11 is 1.43. The molecular formula is C13H22N4O3S. The van der Waals surface area contributed by atoms with Crippen LogP contribution in [0.3, 0.4) is 0 Å². The lowest BCUT2D eigenvalue weighted by molar-refractivity contribution is -0.144. The molecule has 0 aliphatic heterocycles. The van der Waals surface area contributed by atoms with Gasteiger partial charge in [-0.3, -0.25) is 9.36 Å². The van der Waals surface area contributed by atoms with Crippen LogP contribution in [0, 0.1) is 0 Å². The molecule has 1 unspecified atom stereocenters. The molecular weight excluding hydrogens is 292 g/mol. The Morgan fingerprint density at radius 1 is 1.62 bits per heavy atom. The van der Waals surface area contributed by atoms with Gasteiger partial charge in [-0.1, -0.05) is 18.7 Å². The number of hydrogen-bond acceptors (Lipinski definition) is 5. The number of carboxylic acid groups (broad SMARTS) is 1. The van der Waals surface area contributed by atoms with E-state index in [2.05, 4.69) is 15.5 Å². The summed E-state index contributed by atoms with van der Waals surface area (Å²) in [6.45, 7) is 4.37. The van der Waals surface area contributed by atoms with Crippen LogP contribution in [0.4, 0.5) is 0 Å². The summed E-state index contributed by atoms with van der Waals surface area (Å²) in [6, 6.07) is 0.267. The lowest BCUT2D eigenvalue weighted by atomic mass is 9.99. The Hall–Kier alpha value is -1.28. The molecule has 0 aromatic carbocycles. The number of rotatable bonds is 9. The molecule has 8 heteroatoms. The molecule has 0 spiro atoms. The van der Waals surface area contributed by atoms with Crippen molar-refractivity contribution in [3.63, 3.8) is 0 Å². The van der Waals surface area contributed by atoms with Crippen molar-refractivity contribution in [3.05, 3.63) is 10.5 Å². The van der Waals surface area contributed by atoms with Gasteiger partial charge in [0.25, 0.3) is 0 Å². The van der Waals surface area contributed by atoms with Gasteiger partial charge in [0.2, 0.25) is 0 Å². The third kappa shape index (κ3) is 3.88. The van der Waals surface area contributed by atoms with Gasteiger partial charge in [-0.05, 0) is 39.2 Å². The number of H-pyrrole nitrogens is 1. The monoisotopic (exact) mass is 314 g/mol. The molecule has 1 aliphatic rings. The first-order valence-corrected chi connectivity index (χ1v) is 8.24. The molecule has 0 bridgehead atoms. The van der Waals surface area contributed by atoms with Crippen molar-refractivity contribution < 1.29 is 9.90 Å². The molecule has 2 rings (SSSR count). The van der Waals surface area contributed by atoms with Crippen molar-refractivity contribution in [3.8, 4) is 0 Å². The number of thioether (sulfide) groups is 1. The largest absolute Gasteiger partial charge is 0.480 e. The molecule has 1 aliphatic carbocycles. The summed E-state index contributed by atoms with van der Waals surface area (Å²) in [5.41, 5.74) is -1.12. The molecule has 1 atom stereocenters. The number of hydrogen-bond donors (Lipinski definition) is 3. The van der Waals surface area contributed by atoms with Crippen molar-refractivity contribution in [2.45, 2.75) is 56.3 Å². The molecule has 1 saturated carbocycles. The Morgan fingerprint density at radius 2 is 2.33 bits per heavy atom. The molecule has 0 saturated heterocycles. The highest BCUT2D eigenvalue weighted by molar-refractivity contribution is 7.99. The lowest BCUT2D eigenvalue weighted by Crippen LogP contribution is -2.50. The number of carboxylic acids is 1. The predicted octanol–water partition coefficient (Wildman–Crippen LogP) is 1.23. The van der Waals surface area contributed by atoms with Gasteiger partial charge in [0.05, 0.1) is 0 Å². The first-order chi connectivity index (χ1) is 9.98. The molecule has 1 aromatic heterocycles. The van der Waals surface area contributed by atoms with E-state index < -0.39 is 11.5 Å². The maximum absolute atomic E-state index is 11.7. The van der Waals surface area contributed by atoms with Gasteiger partial charge in [0.1, 0.15) is 5.54 Å². The van der Waals surface area contributed by atoms with Crippen LogP contribution in [0.5, 0.6) is 0 Å². The quantitative estimate of drug-likeness (QED) is 0.593. The van der Waals surface area contributed by atoms with E-state index in [-0.39, 0.29) is 11.7 Å². The van der Waals surface area contributed by atoms with Crippen molar-refractivity contribution >= 4 is 17.7 Å². The standard InChI is InChI=1S/C13H22N4O3S/c1-3-7-14-13(2,10(18)19)6-8-21-12-16-15-11(20)17(12)9-4-5-9/h9,14H,3-8H2,1-2H3,(H,15,20)(H,18,19). The average molecular weight is 314 g/mol. The van der Waals surface area contributed by atoms with E-state index in [1.54, 1.807) is 11.5 Å². The number of aliphatic carboxylic acids is 1. The zero-order chi connectivity index (χ0) is 15.5. The number of aromatic nitrogens is 3. The van der Waals surface area contributed by atoms with E-state index in [0.717, 1.165) is 19.3 Å². The number of aromatic amines is 1. The second kappa shape index (κ2) is 6.65. The fourth-order valence-corrected chi connectivity index (χ4v) is 3.24. The topological polar surface area (TPSA) is 100 Å². The molecule has 21 heavy (non-hydrogen) atoms. The summed E-state index contributed by atoms with van der Waals surface area (Å²) in [4.78, 5) is 23.1. The average Bonchev–Trinajstić information content (AvgIpc) is 3.21. The van der Waals surface area contributed by atoms with E-state index in [9.17, 15) is 14.7 Å². The maximum Gasteiger partial charge on any atom is 0.344 e. The van der Waals surface area contributed by atoms with Crippen molar-refractivity contribution in [2.75, 3.05) is 12.3 Å². The van der Waals surface area contributed by atoms with Crippen LogP contribution in [0.15, 0.2) is 9.95 Å². The highest BCUT2D eigenvalue weighted by Crippen LogP contribution is 2.36. The fraction of sp³-hybridized carbons (Fsp3) is 0.769. The lowest BCUT2D eigenvalue weighted by Gasteiger charge is -2.25. The van der Waals surface area contributed by atoms with Crippen LogP contribution in [-0.4, -0.2) is 43.7 Å². The van der Waals surface area contributed by atoms with Gasteiger partial charge in [0, 0.05) is 11.8 Å². The molecule has 1 fully saturated rings. The Morgan fingerprint density at radius 3 is 2.90 bits per heavy atom. The summed E-state index contributed by atoms with van der Waals surface area (Å²) < 4.78 is 1.68. The first-order valence-electron chi connectivity index (χ1n) is 7.26. The van der Waals surface area contributed by atoms with E-state index in [1.807, 2.05) is 6.92 Å². The van der Waals surface area contributed by atoms with Gasteiger partial charge in [0.15, 0.2) is 5.16 Å². The van der Waals surface area contributed by atoms with E-state index >= 15 is 0 Å². The number of nitrogens with zero attached hydrogens (tertiary/aromatic N) is 2. The third-order valence-corrected chi connectivity index (χ3v) is 4.61. The van der Waals surface area contributed by atoms with Gasteiger partial charge < -0.3 is 10.4 Å². The second-order valence-electron chi connectivity index (χ2n) is 5.58. The van der Waals surface area contributed by atoms with Crippen LogP contribution < -0.4 is 11.0 Å². The zero-order valence-corrected chi connectivity index (χ0v) is 13.2. The van der Waals surface area contributed by atoms with Crippen molar-refractivity contribution in [1.82, 2.24) is 20.1 Å². The molecule has 118 valence electrons. The van der Waals surface area contributed by atoms with Crippen LogP contribution in [0.1, 0.15) is 45.6 Å². The van der Waals surface area contributed by atoms with Crippen LogP contribution in [-0.2, 0) is 4.79 Å². The molecule has 1 heterocycles. The normalized spacial score (nSPS) is 17.6. The van der Waals surface area contributed by atoms with Gasteiger partial charge in [-0.25, -0.2) is 9.89 Å².